The minimum absolute atomic E-state index is 0.185. The molecule has 26 heavy (non-hydrogen) atoms. The number of nitrogens with zero attached hydrogens (tertiary/aromatic N) is 1. The van der Waals surface area contributed by atoms with E-state index in [1.165, 1.54) is 6.42 Å². The predicted molar refractivity (Wildman–Crippen MR) is 96.9 cm³/mol. The van der Waals surface area contributed by atoms with Gasteiger partial charge >= 0.3 is 0 Å². The van der Waals surface area contributed by atoms with Crippen LogP contribution >= 0.6 is 0 Å². The first-order chi connectivity index (χ1) is 12.5. The normalized spacial score (nSPS) is 46.0. The molecule has 4 heteroatoms. The third-order valence-electron chi connectivity index (χ3n) is 8.36. The van der Waals surface area contributed by atoms with E-state index in [4.69, 9.17) is 9.47 Å². The zero-order valence-electron chi connectivity index (χ0n) is 15.7. The molecule has 4 nitrogen and oxygen atoms in total. The molecule has 5 aliphatic rings. The molecule has 0 radical (unpaired) electrons. The predicted octanol–water partition coefficient (Wildman–Crippen LogP) is 3.87. The first-order valence-electron chi connectivity index (χ1n) is 10.3. The van der Waals surface area contributed by atoms with Crippen LogP contribution in [0.15, 0.2) is 23.3 Å². The van der Waals surface area contributed by atoms with Crippen molar-refractivity contribution in [1.29, 1.82) is 5.26 Å². The molecule has 5 rings (SSSR count). The highest BCUT2D eigenvalue weighted by atomic mass is 16.7. The number of hydrogen-bond acceptors (Lipinski definition) is 4. The standard InChI is InChI=1S/C22H29NO3/c1-20-7-4-17-16-5-9-22(25-12-13-26-22)14-15(16)2-3-18(17)19(20)6-8-21(20,24)10-11-23/h6,8,17-19,24H,2-5,7,9-10,12-14H2,1H3/t17-,18-,19+,20+,21-/m1/s1. The lowest BCUT2D eigenvalue weighted by atomic mass is 9.51. The van der Waals surface area contributed by atoms with Gasteiger partial charge < -0.3 is 14.6 Å². The van der Waals surface area contributed by atoms with Gasteiger partial charge in [0.15, 0.2) is 5.79 Å². The van der Waals surface area contributed by atoms with Crippen LogP contribution in [-0.4, -0.2) is 29.7 Å². The van der Waals surface area contributed by atoms with E-state index in [-0.39, 0.29) is 17.6 Å². The number of allylic oxidation sites excluding steroid dienone is 2. The minimum Gasteiger partial charge on any atom is -0.384 e. The lowest BCUT2D eigenvalue weighted by Gasteiger charge is -2.54. The van der Waals surface area contributed by atoms with E-state index in [0.717, 1.165) is 51.7 Å². The molecule has 1 N–H and O–H groups in total. The Morgan fingerprint density at radius 1 is 1.23 bits per heavy atom. The average molecular weight is 355 g/mol. The van der Waals surface area contributed by atoms with Gasteiger partial charge in [-0.15, -0.1) is 0 Å². The third-order valence-corrected chi connectivity index (χ3v) is 8.36. The van der Waals surface area contributed by atoms with Gasteiger partial charge in [-0.1, -0.05) is 30.2 Å². The molecule has 0 bridgehead atoms. The summed E-state index contributed by atoms with van der Waals surface area (Å²) in [5.41, 5.74) is 2.14. The molecule has 1 heterocycles. The summed E-state index contributed by atoms with van der Waals surface area (Å²) >= 11 is 0. The van der Waals surface area contributed by atoms with Crippen LogP contribution in [0.1, 0.15) is 58.3 Å². The van der Waals surface area contributed by atoms with Crippen molar-refractivity contribution >= 4 is 0 Å². The molecular weight excluding hydrogens is 326 g/mol. The Labute approximate surface area is 155 Å². The average Bonchev–Trinajstić information content (AvgIpc) is 3.18. The Morgan fingerprint density at radius 2 is 2.04 bits per heavy atom. The molecule has 0 amide bonds. The van der Waals surface area contributed by atoms with E-state index in [9.17, 15) is 10.4 Å². The van der Waals surface area contributed by atoms with Crippen molar-refractivity contribution in [3.05, 3.63) is 23.3 Å². The Morgan fingerprint density at radius 3 is 2.81 bits per heavy atom. The summed E-state index contributed by atoms with van der Waals surface area (Å²) in [4.78, 5) is 0. The molecule has 0 aromatic carbocycles. The number of hydrogen-bond donors (Lipinski definition) is 1. The molecular formula is C22H29NO3. The van der Waals surface area contributed by atoms with Gasteiger partial charge in [-0.05, 0) is 49.9 Å². The Bertz CT molecular complexity index is 713. The van der Waals surface area contributed by atoms with Crippen molar-refractivity contribution in [3.63, 3.8) is 0 Å². The number of aliphatic hydroxyl groups is 1. The van der Waals surface area contributed by atoms with Gasteiger partial charge in [0.05, 0.1) is 25.7 Å². The maximum atomic E-state index is 11.2. The van der Waals surface area contributed by atoms with Gasteiger partial charge in [0, 0.05) is 18.3 Å². The van der Waals surface area contributed by atoms with E-state index >= 15 is 0 Å². The summed E-state index contributed by atoms with van der Waals surface area (Å²) in [5.74, 6) is 1.32. The molecule has 1 saturated heterocycles. The van der Waals surface area contributed by atoms with E-state index in [2.05, 4.69) is 19.1 Å². The van der Waals surface area contributed by atoms with Crippen LogP contribution in [0, 0.1) is 34.5 Å². The maximum absolute atomic E-state index is 11.2. The van der Waals surface area contributed by atoms with E-state index in [0.29, 0.717) is 17.8 Å². The second-order valence-electron chi connectivity index (χ2n) is 9.32. The summed E-state index contributed by atoms with van der Waals surface area (Å²) < 4.78 is 11.9. The van der Waals surface area contributed by atoms with Crippen molar-refractivity contribution in [2.75, 3.05) is 13.2 Å². The van der Waals surface area contributed by atoms with Crippen LogP contribution in [0.2, 0.25) is 0 Å². The van der Waals surface area contributed by atoms with Crippen LogP contribution < -0.4 is 0 Å². The molecule has 0 aromatic heterocycles. The fourth-order valence-electron chi connectivity index (χ4n) is 6.88. The number of ether oxygens (including phenoxy) is 2. The Kier molecular flexibility index (Phi) is 3.71. The minimum atomic E-state index is -0.950. The summed E-state index contributed by atoms with van der Waals surface area (Å²) in [6.07, 6.45) is 11.9. The number of fused-ring (bicyclic) bond motifs is 4. The van der Waals surface area contributed by atoms with Crippen LogP contribution in [0.4, 0.5) is 0 Å². The molecule has 4 aliphatic carbocycles. The fraction of sp³-hybridized carbons (Fsp3) is 0.773. The van der Waals surface area contributed by atoms with Gasteiger partial charge in [0.1, 0.15) is 5.60 Å². The SMILES string of the molecule is C[C@]12CC[C@@H]3C4=C(CC[C@H]3[C@@H]1C=C[C@@]2(O)CC#N)CC1(CC4)OCCO1. The third kappa shape index (κ3) is 2.17. The first-order valence-corrected chi connectivity index (χ1v) is 10.3. The molecule has 5 atom stereocenters. The van der Waals surface area contributed by atoms with Crippen molar-refractivity contribution in [2.24, 2.45) is 23.2 Å². The largest absolute Gasteiger partial charge is 0.384 e. The van der Waals surface area contributed by atoms with Gasteiger partial charge in [-0.3, -0.25) is 0 Å². The molecule has 2 fully saturated rings. The lowest BCUT2D eigenvalue weighted by Crippen LogP contribution is -2.52. The van der Waals surface area contributed by atoms with Crippen molar-refractivity contribution in [3.8, 4) is 6.07 Å². The molecule has 0 aromatic rings. The highest BCUT2D eigenvalue weighted by Gasteiger charge is 2.59. The van der Waals surface area contributed by atoms with Crippen LogP contribution in [0.25, 0.3) is 0 Å². The van der Waals surface area contributed by atoms with Gasteiger partial charge in [-0.25, -0.2) is 0 Å². The van der Waals surface area contributed by atoms with Crippen molar-refractivity contribution < 1.29 is 14.6 Å². The fourth-order valence-corrected chi connectivity index (χ4v) is 6.88. The number of rotatable bonds is 1. The summed E-state index contributed by atoms with van der Waals surface area (Å²) in [6.45, 7) is 3.68. The Hall–Kier alpha value is -1.15. The van der Waals surface area contributed by atoms with Crippen LogP contribution in [0.3, 0.4) is 0 Å². The molecule has 0 unspecified atom stereocenters. The second-order valence-corrected chi connectivity index (χ2v) is 9.32. The topological polar surface area (TPSA) is 62.5 Å². The van der Waals surface area contributed by atoms with Crippen LogP contribution in [0.5, 0.6) is 0 Å². The molecule has 1 saturated carbocycles. The molecule has 140 valence electrons. The van der Waals surface area contributed by atoms with Crippen molar-refractivity contribution in [1.82, 2.24) is 0 Å². The quantitative estimate of drug-likeness (QED) is 0.725. The summed E-state index contributed by atoms with van der Waals surface area (Å²) in [7, 11) is 0. The van der Waals surface area contributed by atoms with Gasteiger partial charge in [-0.2, -0.15) is 5.26 Å². The Balaban J connectivity index is 1.42. The summed E-state index contributed by atoms with van der Waals surface area (Å²) in [5, 5.41) is 20.4. The van der Waals surface area contributed by atoms with Gasteiger partial charge in [0.25, 0.3) is 0 Å². The van der Waals surface area contributed by atoms with E-state index in [1.54, 1.807) is 11.1 Å². The lowest BCUT2D eigenvalue weighted by molar-refractivity contribution is -0.166. The van der Waals surface area contributed by atoms with E-state index in [1.807, 2.05) is 6.08 Å². The summed E-state index contributed by atoms with van der Waals surface area (Å²) in [6, 6.07) is 2.22. The van der Waals surface area contributed by atoms with E-state index < -0.39 is 5.60 Å². The van der Waals surface area contributed by atoms with Gasteiger partial charge in [0.2, 0.25) is 0 Å². The smallest absolute Gasteiger partial charge is 0.172 e. The highest BCUT2D eigenvalue weighted by molar-refractivity contribution is 5.33. The van der Waals surface area contributed by atoms with Crippen molar-refractivity contribution in [2.45, 2.75) is 69.7 Å². The monoisotopic (exact) mass is 355 g/mol. The zero-order valence-corrected chi connectivity index (χ0v) is 15.7. The zero-order chi connectivity index (χ0) is 18.0. The highest BCUT2D eigenvalue weighted by Crippen LogP contribution is 2.63. The number of nitriles is 1. The molecule has 1 spiro atoms. The second kappa shape index (κ2) is 5.67. The maximum Gasteiger partial charge on any atom is 0.172 e. The first kappa shape index (κ1) is 17.0. The van der Waals surface area contributed by atoms with Crippen LogP contribution in [-0.2, 0) is 9.47 Å². The molecule has 1 aliphatic heterocycles.